The van der Waals surface area contributed by atoms with E-state index in [1.165, 1.54) is 18.1 Å². The van der Waals surface area contributed by atoms with Crippen LogP contribution in [0.4, 0.5) is 11.6 Å². The summed E-state index contributed by atoms with van der Waals surface area (Å²) in [5, 5.41) is 3.42. The predicted octanol–water partition coefficient (Wildman–Crippen LogP) is 1.61. The number of nitrogen functional groups attached to an aromatic ring is 1. The molecule has 0 atom stereocenters. The number of H-pyrrole nitrogens is 1. The van der Waals surface area contributed by atoms with E-state index in [-0.39, 0.29) is 17.6 Å². The minimum atomic E-state index is -0.168. The predicted molar refractivity (Wildman–Crippen MR) is 95.0 cm³/mol. The highest BCUT2D eigenvalue weighted by molar-refractivity contribution is 8.00. The van der Waals surface area contributed by atoms with Crippen molar-refractivity contribution in [3.8, 4) is 0 Å². The van der Waals surface area contributed by atoms with E-state index in [2.05, 4.69) is 35.2 Å². The molecule has 0 fully saturated rings. The summed E-state index contributed by atoms with van der Waals surface area (Å²) < 4.78 is 0. The Morgan fingerprint density at radius 1 is 1.16 bits per heavy atom. The van der Waals surface area contributed by atoms with Crippen molar-refractivity contribution >= 4 is 51.5 Å². The zero-order valence-electron chi connectivity index (χ0n) is 12.8. The van der Waals surface area contributed by atoms with Crippen molar-refractivity contribution < 1.29 is 4.79 Å². The zero-order valence-corrected chi connectivity index (χ0v) is 13.6. The van der Waals surface area contributed by atoms with Gasteiger partial charge in [-0.05, 0) is 18.2 Å². The second-order valence-corrected chi connectivity index (χ2v) is 6.05. The highest BCUT2D eigenvalue weighted by Gasteiger charge is 2.12. The molecule has 4 N–H and O–H groups in total. The van der Waals surface area contributed by atoms with Gasteiger partial charge in [0, 0.05) is 18.1 Å². The maximum absolute atomic E-state index is 12.2. The summed E-state index contributed by atoms with van der Waals surface area (Å²) >= 11 is 1.26. The number of anilines is 2. The van der Waals surface area contributed by atoms with Crippen molar-refractivity contribution in [2.45, 2.75) is 5.03 Å². The molecule has 0 bridgehead atoms. The SMILES string of the molecule is Nc1nc(SCC(=O)Nc2ccc3nccnc3c2)c2[nH]cnc2n1. The third kappa shape index (κ3) is 3.19. The molecule has 4 aromatic rings. The summed E-state index contributed by atoms with van der Waals surface area (Å²) in [5.74, 6) is 0.122. The lowest BCUT2D eigenvalue weighted by molar-refractivity contribution is -0.113. The van der Waals surface area contributed by atoms with Crippen molar-refractivity contribution in [2.75, 3.05) is 16.8 Å². The second kappa shape index (κ2) is 6.32. The van der Waals surface area contributed by atoms with Gasteiger partial charge in [0.05, 0.1) is 23.1 Å². The molecular weight excluding hydrogens is 340 g/mol. The van der Waals surface area contributed by atoms with E-state index < -0.39 is 0 Å². The monoisotopic (exact) mass is 352 g/mol. The van der Waals surface area contributed by atoms with E-state index in [0.29, 0.717) is 21.9 Å². The van der Waals surface area contributed by atoms with Gasteiger partial charge in [-0.3, -0.25) is 14.8 Å². The molecule has 0 radical (unpaired) electrons. The number of hydrogen-bond acceptors (Lipinski definition) is 8. The Morgan fingerprint density at radius 3 is 2.88 bits per heavy atom. The molecule has 25 heavy (non-hydrogen) atoms. The quantitative estimate of drug-likeness (QED) is 0.372. The number of imidazole rings is 1. The van der Waals surface area contributed by atoms with Crippen LogP contribution < -0.4 is 11.1 Å². The van der Waals surface area contributed by atoms with E-state index in [1.54, 1.807) is 24.5 Å². The first-order valence-corrected chi connectivity index (χ1v) is 8.27. The van der Waals surface area contributed by atoms with Crippen LogP contribution >= 0.6 is 11.8 Å². The first-order valence-electron chi connectivity index (χ1n) is 7.29. The largest absolute Gasteiger partial charge is 0.368 e. The van der Waals surface area contributed by atoms with Crippen molar-refractivity contribution in [1.29, 1.82) is 0 Å². The molecule has 0 spiro atoms. The van der Waals surface area contributed by atoms with Crippen molar-refractivity contribution in [1.82, 2.24) is 29.9 Å². The molecule has 124 valence electrons. The smallest absolute Gasteiger partial charge is 0.234 e. The normalized spacial score (nSPS) is 11.0. The van der Waals surface area contributed by atoms with E-state index in [1.807, 2.05) is 6.07 Å². The summed E-state index contributed by atoms with van der Waals surface area (Å²) in [6.07, 6.45) is 4.75. The molecule has 3 aromatic heterocycles. The Labute approximate surface area is 145 Å². The molecule has 4 rings (SSSR count). The highest BCUT2D eigenvalue weighted by atomic mass is 32.2. The zero-order chi connectivity index (χ0) is 17.2. The van der Waals surface area contributed by atoms with Crippen LogP contribution in [-0.2, 0) is 4.79 Å². The molecule has 1 amide bonds. The summed E-state index contributed by atoms with van der Waals surface area (Å²) in [6, 6.07) is 5.38. The Hall–Kier alpha value is -3.27. The fourth-order valence-corrected chi connectivity index (χ4v) is 3.09. The number of thioether (sulfide) groups is 1. The number of aromatic nitrogens is 6. The lowest BCUT2D eigenvalue weighted by Gasteiger charge is -2.06. The number of rotatable bonds is 4. The fourth-order valence-electron chi connectivity index (χ4n) is 2.30. The molecule has 0 saturated heterocycles. The number of hydrogen-bond donors (Lipinski definition) is 3. The summed E-state index contributed by atoms with van der Waals surface area (Å²) in [7, 11) is 0. The molecule has 10 heteroatoms. The van der Waals surface area contributed by atoms with Gasteiger partial charge in [-0.15, -0.1) is 0 Å². The second-order valence-electron chi connectivity index (χ2n) is 5.08. The lowest BCUT2D eigenvalue weighted by atomic mass is 10.2. The van der Waals surface area contributed by atoms with Gasteiger partial charge in [0.1, 0.15) is 10.5 Å². The van der Waals surface area contributed by atoms with Gasteiger partial charge in [-0.25, -0.2) is 9.97 Å². The van der Waals surface area contributed by atoms with Crippen LogP contribution in [0.1, 0.15) is 0 Å². The van der Waals surface area contributed by atoms with Crippen molar-refractivity contribution in [3.63, 3.8) is 0 Å². The number of benzene rings is 1. The topological polar surface area (TPSA) is 135 Å². The van der Waals surface area contributed by atoms with Gasteiger partial charge in [-0.1, -0.05) is 11.8 Å². The van der Waals surface area contributed by atoms with E-state index in [4.69, 9.17) is 5.73 Å². The standard InChI is InChI=1S/C15H12N8OS/c16-15-22-13-12(19-7-20-13)14(23-15)25-6-11(24)21-8-1-2-9-10(5-8)18-4-3-17-9/h1-5,7H,6H2,(H,21,24)(H3,16,19,20,22,23). The molecule has 0 aliphatic carbocycles. The highest BCUT2D eigenvalue weighted by Crippen LogP contribution is 2.24. The average molecular weight is 352 g/mol. The van der Waals surface area contributed by atoms with Crippen molar-refractivity contribution in [2.24, 2.45) is 0 Å². The number of nitrogens with two attached hydrogens (primary N) is 1. The van der Waals surface area contributed by atoms with Crippen LogP contribution in [0.2, 0.25) is 0 Å². The third-order valence-electron chi connectivity index (χ3n) is 3.36. The van der Waals surface area contributed by atoms with Crippen LogP contribution in [0, 0.1) is 0 Å². The van der Waals surface area contributed by atoms with Gasteiger partial charge in [0.15, 0.2) is 5.65 Å². The van der Waals surface area contributed by atoms with Gasteiger partial charge in [0.25, 0.3) is 0 Å². The number of fused-ring (bicyclic) bond motifs is 2. The Bertz CT molecular complexity index is 1080. The number of nitrogens with zero attached hydrogens (tertiary/aromatic N) is 5. The molecule has 0 unspecified atom stereocenters. The number of amides is 1. The molecule has 0 saturated carbocycles. The van der Waals surface area contributed by atoms with Gasteiger partial charge in [0.2, 0.25) is 11.9 Å². The summed E-state index contributed by atoms with van der Waals surface area (Å²) in [4.78, 5) is 35.8. The first kappa shape index (κ1) is 15.3. The maximum Gasteiger partial charge on any atom is 0.234 e. The number of aromatic amines is 1. The maximum atomic E-state index is 12.2. The van der Waals surface area contributed by atoms with Crippen LogP contribution in [0.3, 0.4) is 0 Å². The van der Waals surface area contributed by atoms with E-state index in [0.717, 1.165) is 11.0 Å². The summed E-state index contributed by atoms with van der Waals surface area (Å²) in [5.41, 5.74) is 8.95. The van der Waals surface area contributed by atoms with Crippen molar-refractivity contribution in [3.05, 3.63) is 36.9 Å². The van der Waals surface area contributed by atoms with Crippen LogP contribution in [0.15, 0.2) is 41.9 Å². The Morgan fingerprint density at radius 2 is 2.00 bits per heavy atom. The third-order valence-corrected chi connectivity index (χ3v) is 4.34. The fraction of sp³-hybridized carbons (Fsp3) is 0.0667. The molecule has 3 heterocycles. The molecule has 0 aliphatic rings. The molecule has 0 aliphatic heterocycles. The minimum absolute atomic E-state index is 0.121. The summed E-state index contributed by atoms with van der Waals surface area (Å²) in [6.45, 7) is 0. The molecular formula is C15H12N8OS. The number of carbonyl (C=O) groups is 1. The Kier molecular flexibility index (Phi) is 3.86. The van der Waals surface area contributed by atoms with Gasteiger partial charge < -0.3 is 16.0 Å². The van der Waals surface area contributed by atoms with Crippen LogP contribution in [0.25, 0.3) is 22.2 Å². The van der Waals surface area contributed by atoms with Crippen LogP contribution in [-0.4, -0.2) is 41.6 Å². The van der Waals surface area contributed by atoms with Crippen LogP contribution in [0.5, 0.6) is 0 Å². The number of nitrogens with one attached hydrogen (secondary N) is 2. The lowest BCUT2D eigenvalue weighted by Crippen LogP contribution is -2.14. The van der Waals surface area contributed by atoms with Gasteiger partial charge in [-0.2, -0.15) is 4.98 Å². The Balaban J connectivity index is 1.47. The van der Waals surface area contributed by atoms with E-state index in [9.17, 15) is 4.79 Å². The number of carbonyl (C=O) groups excluding carboxylic acids is 1. The van der Waals surface area contributed by atoms with Gasteiger partial charge >= 0.3 is 0 Å². The average Bonchev–Trinajstić information content (AvgIpc) is 3.08. The molecule has 9 nitrogen and oxygen atoms in total. The minimum Gasteiger partial charge on any atom is -0.368 e. The van der Waals surface area contributed by atoms with E-state index >= 15 is 0 Å². The molecule has 1 aromatic carbocycles. The first-order chi connectivity index (χ1) is 12.2.